The van der Waals surface area contributed by atoms with Crippen molar-refractivity contribution in [3.8, 4) is 5.75 Å². The third-order valence-corrected chi connectivity index (χ3v) is 3.51. The summed E-state index contributed by atoms with van der Waals surface area (Å²) in [7, 11) is 0. The number of fused-ring (bicyclic) bond motifs is 2. The summed E-state index contributed by atoms with van der Waals surface area (Å²) in [5, 5.41) is 9.51. The number of carbonyl (C=O) groups is 2. The van der Waals surface area contributed by atoms with Crippen molar-refractivity contribution in [1.29, 1.82) is 0 Å². The molecule has 3 rings (SSSR count). The molecule has 2 aliphatic heterocycles. The molecule has 1 aromatic rings. The highest BCUT2D eigenvalue weighted by atomic mass is 16.7. The number of phenols is 1. The highest BCUT2D eigenvalue weighted by Gasteiger charge is 2.44. The van der Waals surface area contributed by atoms with Gasteiger partial charge in [-0.1, -0.05) is 6.07 Å². The normalized spacial score (nSPS) is 24.1. The molecule has 0 radical (unpaired) electrons. The van der Waals surface area contributed by atoms with E-state index in [1.54, 1.807) is 18.2 Å². The molecule has 0 saturated carbocycles. The van der Waals surface area contributed by atoms with E-state index in [4.69, 9.17) is 9.47 Å². The maximum Gasteiger partial charge on any atom is 0.414 e. The number of hydrogen-bond donors (Lipinski definition) is 1. The SMILES string of the molecule is CC1(C)OC(=O)[C@@H]2Cc3ccc(O)cc3CN2C(=O)O1. The number of nitrogens with zero attached hydrogens (tertiary/aromatic N) is 1. The third-order valence-electron chi connectivity index (χ3n) is 3.51. The Morgan fingerprint density at radius 2 is 2.00 bits per heavy atom. The van der Waals surface area contributed by atoms with Crippen LogP contribution in [0, 0.1) is 0 Å². The van der Waals surface area contributed by atoms with Crippen molar-refractivity contribution in [1.82, 2.24) is 4.90 Å². The summed E-state index contributed by atoms with van der Waals surface area (Å²) in [4.78, 5) is 25.6. The van der Waals surface area contributed by atoms with Crippen molar-refractivity contribution in [2.45, 2.75) is 38.6 Å². The van der Waals surface area contributed by atoms with Gasteiger partial charge in [-0.2, -0.15) is 0 Å². The fourth-order valence-corrected chi connectivity index (χ4v) is 2.57. The quantitative estimate of drug-likeness (QED) is 0.728. The van der Waals surface area contributed by atoms with Crippen LogP contribution >= 0.6 is 0 Å². The van der Waals surface area contributed by atoms with Gasteiger partial charge >= 0.3 is 12.1 Å². The van der Waals surface area contributed by atoms with Gasteiger partial charge in [0.2, 0.25) is 0 Å². The first-order chi connectivity index (χ1) is 9.35. The van der Waals surface area contributed by atoms with Gasteiger partial charge in [0.1, 0.15) is 11.8 Å². The molecule has 0 bridgehead atoms. The summed E-state index contributed by atoms with van der Waals surface area (Å²) in [5.74, 6) is -1.60. The maximum atomic E-state index is 12.1. The van der Waals surface area contributed by atoms with Gasteiger partial charge in [0.25, 0.3) is 5.79 Å². The number of hydrogen-bond acceptors (Lipinski definition) is 5. The minimum absolute atomic E-state index is 0.133. The van der Waals surface area contributed by atoms with Crippen LogP contribution in [0.2, 0.25) is 0 Å². The molecule has 1 saturated heterocycles. The van der Waals surface area contributed by atoms with E-state index in [0.717, 1.165) is 11.1 Å². The zero-order valence-electron chi connectivity index (χ0n) is 11.3. The topological polar surface area (TPSA) is 76.1 Å². The monoisotopic (exact) mass is 277 g/mol. The van der Waals surface area contributed by atoms with Crippen molar-refractivity contribution in [3.05, 3.63) is 29.3 Å². The molecule has 0 spiro atoms. The Morgan fingerprint density at radius 1 is 1.25 bits per heavy atom. The average Bonchev–Trinajstić information content (AvgIpc) is 2.42. The molecular weight excluding hydrogens is 262 g/mol. The van der Waals surface area contributed by atoms with E-state index < -0.39 is 23.9 Å². The van der Waals surface area contributed by atoms with Crippen molar-refractivity contribution in [2.24, 2.45) is 0 Å². The first-order valence-corrected chi connectivity index (χ1v) is 6.39. The summed E-state index contributed by atoms with van der Waals surface area (Å²) in [5.41, 5.74) is 1.74. The summed E-state index contributed by atoms with van der Waals surface area (Å²) in [6.45, 7) is 3.28. The van der Waals surface area contributed by atoms with Crippen LogP contribution in [0.1, 0.15) is 25.0 Å². The second-order valence-corrected chi connectivity index (χ2v) is 5.49. The predicted octanol–water partition coefficient (Wildman–Crippen LogP) is 1.55. The predicted molar refractivity (Wildman–Crippen MR) is 67.8 cm³/mol. The van der Waals surface area contributed by atoms with Gasteiger partial charge in [0.15, 0.2) is 0 Å². The molecular formula is C14H15NO5. The van der Waals surface area contributed by atoms with Crippen LogP contribution in [0.3, 0.4) is 0 Å². The number of carbonyl (C=O) groups excluding carboxylic acids is 2. The Hall–Kier alpha value is -2.24. The summed E-state index contributed by atoms with van der Waals surface area (Å²) < 4.78 is 10.4. The van der Waals surface area contributed by atoms with Crippen molar-refractivity contribution in [3.63, 3.8) is 0 Å². The first kappa shape index (κ1) is 12.8. The van der Waals surface area contributed by atoms with E-state index in [0.29, 0.717) is 6.42 Å². The van der Waals surface area contributed by atoms with Crippen molar-refractivity contribution >= 4 is 12.1 Å². The zero-order chi connectivity index (χ0) is 14.5. The van der Waals surface area contributed by atoms with Crippen LogP contribution in [0.15, 0.2) is 18.2 Å². The molecule has 20 heavy (non-hydrogen) atoms. The molecule has 1 N–H and O–H groups in total. The van der Waals surface area contributed by atoms with Gasteiger partial charge in [0, 0.05) is 20.3 Å². The van der Waals surface area contributed by atoms with Crippen LogP contribution < -0.4 is 0 Å². The molecule has 1 atom stereocenters. The molecule has 1 amide bonds. The fraction of sp³-hybridized carbons (Fsp3) is 0.429. The zero-order valence-corrected chi connectivity index (χ0v) is 11.3. The smallest absolute Gasteiger partial charge is 0.414 e. The molecule has 2 aliphatic rings. The van der Waals surface area contributed by atoms with Gasteiger partial charge < -0.3 is 14.6 Å². The lowest BCUT2D eigenvalue weighted by atomic mass is 9.94. The fourth-order valence-electron chi connectivity index (χ4n) is 2.57. The second-order valence-electron chi connectivity index (χ2n) is 5.49. The Kier molecular flexibility index (Phi) is 2.64. The van der Waals surface area contributed by atoms with Gasteiger partial charge in [0.05, 0.1) is 6.54 Å². The van der Waals surface area contributed by atoms with Crippen LogP contribution in [0.5, 0.6) is 5.75 Å². The summed E-state index contributed by atoms with van der Waals surface area (Å²) in [6, 6.07) is 4.25. The van der Waals surface area contributed by atoms with Gasteiger partial charge in [-0.15, -0.1) is 0 Å². The van der Waals surface area contributed by atoms with E-state index in [-0.39, 0.29) is 12.3 Å². The maximum absolute atomic E-state index is 12.1. The van der Waals surface area contributed by atoms with Crippen LogP contribution in [-0.2, 0) is 27.2 Å². The second kappa shape index (κ2) is 4.13. The number of aromatic hydroxyl groups is 1. The summed E-state index contributed by atoms with van der Waals surface area (Å²) in [6.07, 6.45) is -0.223. The highest BCUT2D eigenvalue weighted by Crippen LogP contribution is 2.31. The Labute approximate surface area is 115 Å². The van der Waals surface area contributed by atoms with Crippen LogP contribution in [-0.4, -0.2) is 33.9 Å². The number of esters is 1. The van der Waals surface area contributed by atoms with E-state index in [2.05, 4.69) is 0 Å². The number of phenolic OH excluding ortho intramolecular Hbond substituents is 1. The first-order valence-electron chi connectivity index (χ1n) is 6.39. The molecule has 2 heterocycles. The minimum atomic E-state index is -1.26. The number of cyclic esters (lactones) is 2. The molecule has 0 aliphatic carbocycles. The molecule has 1 aromatic carbocycles. The lowest BCUT2D eigenvalue weighted by Crippen LogP contribution is -2.47. The standard InChI is InChI=1S/C14H15NO5/c1-14(2)19-12(17)11-6-8-3-4-10(16)5-9(8)7-15(11)13(18)20-14/h3-5,11,16H,6-7H2,1-2H3/t11-/m0/s1. The lowest BCUT2D eigenvalue weighted by molar-refractivity contribution is -0.189. The van der Waals surface area contributed by atoms with Crippen LogP contribution in [0.25, 0.3) is 0 Å². The van der Waals surface area contributed by atoms with Crippen LogP contribution in [0.4, 0.5) is 4.79 Å². The Balaban J connectivity index is 1.99. The molecule has 0 aromatic heterocycles. The van der Waals surface area contributed by atoms with Crippen molar-refractivity contribution in [2.75, 3.05) is 0 Å². The minimum Gasteiger partial charge on any atom is -0.508 e. The lowest BCUT2D eigenvalue weighted by Gasteiger charge is -2.32. The highest BCUT2D eigenvalue weighted by molar-refractivity contribution is 5.84. The number of benzene rings is 1. The molecule has 1 fully saturated rings. The van der Waals surface area contributed by atoms with Gasteiger partial charge in [-0.3, -0.25) is 4.90 Å². The molecule has 0 unspecified atom stereocenters. The van der Waals surface area contributed by atoms with Crippen molar-refractivity contribution < 1.29 is 24.2 Å². The molecule has 6 nitrogen and oxygen atoms in total. The van der Waals surface area contributed by atoms with Gasteiger partial charge in [-0.05, 0) is 23.3 Å². The summed E-state index contributed by atoms with van der Waals surface area (Å²) >= 11 is 0. The largest absolute Gasteiger partial charge is 0.508 e. The Bertz CT molecular complexity index is 595. The van der Waals surface area contributed by atoms with E-state index >= 15 is 0 Å². The van der Waals surface area contributed by atoms with E-state index in [1.165, 1.54) is 18.7 Å². The van der Waals surface area contributed by atoms with E-state index in [1.807, 2.05) is 0 Å². The average molecular weight is 277 g/mol. The number of rotatable bonds is 0. The van der Waals surface area contributed by atoms with Gasteiger partial charge in [-0.25, -0.2) is 9.59 Å². The Morgan fingerprint density at radius 3 is 2.75 bits per heavy atom. The number of ether oxygens (including phenoxy) is 2. The number of amides is 1. The third kappa shape index (κ3) is 2.07. The molecule has 106 valence electrons. The molecule has 6 heteroatoms. The van der Waals surface area contributed by atoms with E-state index in [9.17, 15) is 14.7 Å².